The Bertz CT molecular complexity index is 865. The Morgan fingerprint density at radius 1 is 0.688 bits per heavy atom. The van der Waals surface area contributed by atoms with Crippen LogP contribution in [0.5, 0.6) is 11.5 Å². The summed E-state index contributed by atoms with van der Waals surface area (Å²) in [5.41, 5.74) is 2.04. The summed E-state index contributed by atoms with van der Waals surface area (Å²) in [6.07, 6.45) is 10.2. The van der Waals surface area contributed by atoms with Crippen molar-refractivity contribution < 1.29 is 22.4 Å². The predicted octanol–water partition coefficient (Wildman–Crippen LogP) is 6.92. The average molecular weight is 463 g/mol. The van der Waals surface area contributed by atoms with Gasteiger partial charge in [-0.05, 0) is 37.0 Å². The van der Waals surface area contributed by atoms with Gasteiger partial charge in [0, 0.05) is 0 Å². The molecular weight excluding hydrogens is 424 g/mol. The molecule has 2 rings (SSSR count). The van der Waals surface area contributed by atoms with Gasteiger partial charge < -0.3 is 9.47 Å². The molecule has 0 radical (unpaired) electrons. The van der Waals surface area contributed by atoms with Crippen molar-refractivity contribution in [2.45, 2.75) is 71.1 Å². The minimum Gasteiger partial charge on any atom is -0.493 e. The quantitative estimate of drug-likeness (QED) is 0.204. The standard InChI is InChI=1S/C26H38O5S/c1-2-3-4-5-6-12-20-30-24-18-15-19-25(26(24)23-16-10-9-11-17-23)31-21-13-7-8-14-22-32(27,28)29/h9-11,15-19H,2-8,12-14,20-22H2,1H3,(H,27,28,29). The number of ether oxygens (including phenoxy) is 2. The molecule has 0 saturated carbocycles. The third kappa shape index (κ3) is 10.5. The lowest BCUT2D eigenvalue weighted by Gasteiger charge is -2.17. The molecule has 0 aliphatic heterocycles. The molecule has 0 amide bonds. The normalized spacial score (nSPS) is 11.4. The van der Waals surface area contributed by atoms with Crippen molar-refractivity contribution in [3.63, 3.8) is 0 Å². The van der Waals surface area contributed by atoms with Crippen LogP contribution >= 0.6 is 0 Å². The zero-order chi connectivity index (χ0) is 23.1. The van der Waals surface area contributed by atoms with Crippen LogP contribution in [0.15, 0.2) is 48.5 Å². The van der Waals surface area contributed by atoms with E-state index in [-0.39, 0.29) is 5.75 Å². The zero-order valence-electron chi connectivity index (χ0n) is 19.3. The largest absolute Gasteiger partial charge is 0.493 e. The van der Waals surface area contributed by atoms with E-state index in [2.05, 4.69) is 19.1 Å². The Morgan fingerprint density at radius 2 is 1.22 bits per heavy atom. The average Bonchev–Trinajstić information content (AvgIpc) is 2.78. The molecule has 2 aromatic carbocycles. The first-order chi connectivity index (χ1) is 15.5. The molecule has 5 nitrogen and oxygen atoms in total. The summed E-state index contributed by atoms with van der Waals surface area (Å²) in [5.74, 6) is 1.47. The molecule has 0 heterocycles. The molecule has 6 heteroatoms. The van der Waals surface area contributed by atoms with Gasteiger partial charge in [0.15, 0.2) is 0 Å². The Kier molecular flexibility index (Phi) is 12.2. The van der Waals surface area contributed by atoms with Gasteiger partial charge in [-0.1, -0.05) is 88.3 Å². The predicted molar refractivity (Wildman–Crippen MR) is 131 cm³/mol. The van der Waals surface area contributed by atoms with Crippen LogP contribution in [0.2, 0.25) is 0 Å². The van der Waals surface area contributed by atoms with Gasteiger partial charge in [0.05, 0.1) is 24.5 Å². The fourth-order valence-electron chi connectivity index (χ4n) is 3.63. The maximum atomic E-state index is 10.8. The molecular formula is C26H38O5S. The van der Waals surface area contributed by atoms with Crippen LogP contribution in [0.3, 0.4) is 0 Å². The third-order valence-corrected chi connectivity index (χ3v) is 6.16. The van der Waals surface area contributed by atoms with Crippen molar-refractivity contribution in [1.82, 2.24) is 0 Å². The van der Waals surface area contributed by atoms with E-state index in [1.807, 2.05) is 36.4 Å². The smallest absolute Gasteiger partial charge is 0.264 e. The van der Waals surface area contributed by atoms with Crippen molar-refractivity contribution >= 4 is 10.1 Å². The molecule has 0 fully saturated rings. The van der Waals surface area contributed by atoms with E-state index in [1.54, 1.807) is 0 Å². The Labute approximate surface area is 193 Å². The molecule has 0 aliphatic carbocycles. The molecule has 0 aliphatic rings. The monoisotopic (exact) mass is 462 g/mol. The van der Waals surface area contributed by atoms with Crippen molar-refractivity contribution in [3.05, 3.63) is 48.5 Å². The summed E-state index contributed by atoms with van der Waals surface area (Å²) >= 11 is 0. The fraction of sp³-hybridized carbons (Fsp3) is 0.538. The summed E-state index contributed by atoms with van der Waals surface area (Å²) in [5, 5.41) is 0. The first kappa shape index (κ1) is 26.2. The lowest BCUT2D eigenvalue weighted by molar-refractivity contribution is 0.292. The van der Waals surface area contributed by atoms with Gasteiger partial charge in [0.1, 0.15) is 11.5 Å². The highest BCUT2D eigenvalue weighted by Gasteiger charge is 2.13. The van der Waals surface area contributed by atoms with E-state index >= 15 is 0 Å². The van der Waals surface area contributed by atoms with Gasteiger partial charge in [0.2, 0.25) is 0 Å². The Hall–Kier alpha value is -2.05. The van der Waals surface area contributed by atoms with E-state index in [0.717, 1.165) is 48.3 Å². The topological polar surface area (TPSA) is 72.8 Å². The summed E-state index contributed by atoms with van der Waals surface area (Å²) in [4.78, 5) is 0. The molecule has 0 atom stereocenters. The second-order valence-corrected chi connectivity index (χ2v) is 9.73. The lowest BCUT2D eigenvalue weighted by atomic mass is 10.0. The van der Waals surface area contributed by atoms with E-state index < -0.39 is 10.1 Å². The van der Waals surface area contributed by atoms with Crippen LogP contribution in [-0.2, 0) is 10.1 Å². The second kappa shape index (κ2) is 14.9. The number of unbranched alkanes of at least 4 members (excludes halogenated alkanes) is 8. The van der Waals surface area contributed by atoms with Crippen LogP contribution < -0.4 is 9.47 Å². The maximum Gasteiger partial charge on any atom is 0.264 e. The molecule has 32 heavy (non-hydrogen) atoms. The lowest BCUT2D eigenvalue weighted by Crippen LogP contribution is -2.04. The molecule has 0 spiro atoms. The van der Waals surface area contributed by atoms with Crippen molar-refractivity contribution in [3.8, 4) is 22.6 Å². The highest BCUT2D eigenvalue weighted by atomic mass is 32.2. The SMILES string of the molecule is CCCCCCCCOc1cccc(OCCCCCCS(=O)(=O)O)c1-c1ccccc1. The van der Waals surface area contributed by atoms with E-state index in [1.165, 1.54) is 32.1 Å². The van der Waals surface area contributed by atoms with E-state index in [4.69, 9.17) is 14.0 Å². The highest BCUT2D eigenvalue weighted by Crippen LogP contribution is 2.38. The van der Waals surface area contributed by atoms with Gasteiger partial charge in [-0.2, -0.15) is 8.42 Å². The summed E-state index contributed by atoms with van der Waals surface area (Å²) < 4.78 is 42.6. The fourth-order valence-corrected chi connectivity index (χ4v) is 4.20. The van der Waals surface area contributed by atoms with Crippen molar-refractivity contribution in [1.29, 1.82) is 0 Å². The van der Waals surface area contributed by atoms with Crippen LogP contribution in [0.25, 0.3) is 11.1 Å². The number of rotatable bonds is 17. The second-order valence-electron chi connectivity index (χ2n) is 8.16. The van der Waals surface area contributed by atoms with Crippen LogP contribution in [0.1, 0.15) is 71.1 Å². The van der Waals surface area contributed by atoms with Gasteiger partial charge >= 0.3 is 0 Å². The summed E-state index contributed by atoms with van der Waals surface area (Å²) in [6.45, 7) is 3.48. The number of hydrogen-bond donors (Lipinski definition) is 1. The molecule has 0 unspecified atom stereocenters. The Balaban J connectivity index is 1.91. The minimum absolute atomic E-state index is 0.177. The molecule has 0 bridgehead atoms. The zero-order valence-corrected chi connectivity index (χ0v) is 20.1. The molecule has 1 N–H and O–H groups in total. The van der Waals surface area contributed by atoms with Gasteiger partial charge in [-0.25, -0.2) is 0 Å². The first-order valence-corrected chi connectivity index (χ1v) is 13.5. The van der Waals surface area contributed by atoms with Gasteiger partial charge in [-0.15, -0.1) is 0 Å². The third-order valence-electron chi connectivity index (χ3n) is 5.36. The molecule has 2 aromatic rings. The summed E-state index contributed by atoms with van der Waals surface area (Å²) in [6, 6.07) is 16.1. The van der Waals surface area contributed by atoms with Crippen LogP contribution in [0.4, 0.5) is 0 Å². The van der Waals surface area contributed by atoms with Gasteiger partial charge in [0.25, 0.3) is 10.1 Å². The highest BCUT2D eigenvalue weighted by molar-refractivity contribution is 7.85. The Morgan fingerprint density at radius 3 is 1.78 bits per heavy atom. The van der Waals surface area contributed by atoms with Crippen LogP contribution in [0, 0.1) is 0 Å². The van der Waals surface area contributed by atoms with E-state index in [0.29, 0.717) is 19.6 Å². The van der Waals surface area contributed by atoms with Crippen LogP contribution in [-0.4, -0.2) is 31.9 Å². The van der Waals surface area contributed by atoms with E-state index in [9.17, 15) is 8.42 Å². The number of hydrogen-bond acceptors (Lipinski definition) is 4. The molecule has 178 valence electrons. The minimum atomic E-state index is -3.86. The van der Waals surface area contributed by atoms with Crippen molar-refractivity contribution in [2.24, 2.45) is 0 Å². The maximum absolute atomic E-state index is 10.8. The number of benzene rings is 2. The molecule has 0 aromatic heterocycles. The van der Waals surface area contributed by atoms with Gasteiger partial charge in [-0.3, -0.25) is 4.55 Å². The summed E-state index contributed by atoms with van der Waals surface area (Å²) in [7, 11) is -3.86. The van der Waals surface area contributed by atoms with Crippen molar-refractivity contribution in [2.75, 3.05) is 19.0 Å². The molecule has 0 saturated heterocycles. The first-order valence-electron chi connectivity index (χ1n) is 11.9.